The summed E-state index contributed by atoms with van der Waals surface area (Å²) in [6.45, 7) is -0.198. The number of halogens is 1. The Morgan fingerprint density at radius 1 is 1.17 bits per heavy atom. The fourth-order valence-electron chi connectivity index (χ4n) is 3.27. The van der Waals surface area contributed by atoms with Gasteiger partial charge in [-0.05, 0) is 42.7 Å². The maximum Gasteiger partial charge on any atom is 0.263 e. The second kappa shape index (κ2) is 7.84. The van der Waals surface area contributed by atoms with Gasteiger partial charge in [-0.2, -0.15) is 5.11 Å². The summed E-state index contributed by atoms with van der Waals surface area (Å²) in [7, 11) is 0. The van der Waals surface area contributed by atoms with Gasteiger partial charge in [-0.25, -0.2) is 4.90 Å². The maximum atomic E-state index is 12.9. The van der Waals surface area contributed by atoms with E-state index in [-0.39, 0.29) is 12.5 Å². The maximum absolute atomic E-state index is 12.9. The summed E-state index contributed by atoms with van der Waals surface area (Å²) < 4.78 is 0. The highest BCUT2D eigenvalue weighted by Crippen LogP contribution is 2.32. The van der Waals surface area contributed by atoms with Crippen molar-refractivity contribution in [2.75, 3.05) is 23.0 Å². The van der Waals surface area contributed by atoms with Crippen LogP contribution in [0.25, 0.3) is 0 Å². The number of amides is 3. The number of fused-ring (bicyclic) bond motifs is 1. The highest BCUT2D eigenvalue weighted by atomic mass is 35.5. The second-order valence-electron chi connectivity index (χ2n) is 6.46. The molecule has 29 heavy (non-hydrogen) atoms. The number of anilines is 2. The molecule has 0 unspecified atom stereocenters. The molecule has 0 saturated carbocycles. The molecule has 2 aromatic carbocycles. The van der Waals surface area contributed by atoms with Gasteiger partial charge >= 0.3 is 0 Å². The summed E-state index contributed by atoms with van der Waals surface area (Å²) in [6, 6.07) is 12.0. The average molecular weight is 430 g/mol. The lowest BCUT2D eigenvalue weighted by Gasteiger charge is -2.20. The van der Waals surface area contributed by atoms with Crippen LogP contribution in [0.1, 0.15) is 0 Å². The molecule has 2 aliphatic heterocycles. The number of hydrogen-bond donors (Lipinski definition) is 1. The normalized spacial score (nSPS) is 20.3. The monoisotopic (exact) mass is 429 g/mol. The van der Waals surface area contributed by atoms with Crippen LogP contribution in [-0.4, -0.2) is 47.6 Å². The Balaban J connectivity index is 1.48. The van der Waals surface area contributed by atoms with E-state index in [4.69, 9.17) is 11.6 Å². The van der Waals surface area contributed by atoms with Crippen LogP contribution in [0.5, 0.6) is 0 Å². The van der Waals surface area contributed by atoms with Crippen molar-refractivity contribution in [3.8, 4) is 0 Å². The number of imide groups is 1. The van der Waals surface area contributed by atoms with Crippen LogP contribution in [0, 0.1) is 0 Å². The molecule has 0 aliphatic carbocycles. The van der Waals surface area contributed by atoms with E-state index in [1.807, 2.05) is 24.5 Å². The third-order valence-corrected chi connectivity index (χ3v) is 5.54. The molecule has 1 N–H and O–H groups in total. The van der Waals surface area contributed by atoms with Crippen LogP contribution < -0.4 is 10.2 Å². The minimum Gasteiger partial charge on any atom is -0.324 e. The van der Waals surface area contributed by atoms with Gasteiger partial charge in [-0.15, -0.1) is 11.8 Å². The van der Waals surface area contributed by atoms with Crippen molar-refractivity contribution in [1.82, 2.24) is 5.01 Å². The summed E-state index contributed by atoms with van der Waals surface area (Å²) in [4.78, 5) is 40.1. The van der Waals surface area contributed by atoms with Gasteiger partial charge < -0.3 is 5.32 Å². The first kappa shape index (κ1) is 19.4. The molecule has 0 aromatic heterocycles. The van der Waals surface area contributed by atoms with E-state index >= 15 is 0 Å². The van der Waals surface area contributed by atoms with Crippen molar-refractivity contribution in [3.63, 3.8) is 0 Å². The highest BCUT2D eigenvalue weighted by Gasteiger charge is 2.55. The number of carbonyl (C=O) groups is 3. The quantitative estimate of drug-likeness (QED) is 0.582. The highest BCUT2D eigenvalue weighted by molar-refractivity contribution is 7.98. The van der Waals surface area contributed by atoms with Gasteiger partial charge in [-0.1, -0.05) is 29.0 Å². The topological polar surface area (TPSA) is 94.4 Å². The van der Waals surface area contributed by atoms with Gasteiger partial charge in [0.05, 0.1) is 5.69 Å². The van der Waals surface area contributed by atoms with Gasteiger partial charge in [0.15, 0.2) is 12.1 Å². The Hall–Kier alpha value is -2.91. The molecule has 0 radical (unpaired) electrons. The number of nitrogens with one attached hydrogen (secondary N) is 1. The Morgan fingerprint density at radius 3 is 2.72 bits per heavy atom. The standard InChI is InChI=1S/C19H16ClN5O3S/c1-29-14-7-3-5-12(9-14)21-15(26)10-24-17-16(22-23-24)18(27)25(19(17)28)13-6-2-4-11(20)8-13/h2-9,16-17H,10H2,1H3,(H,21,26)/t16-,17-/m1/s1. The molecular formula is C19H16ClN5O3S. The SMILES string of the molecule is CSc1cccc(NC(=O)CN2N=N[C@H]3C(=O)N(c4cccc(Cl)c4)C(=O)[C@@H]32)c1. The van der Waals surface area contributed by atoms with Gasteiger partial charge in [0.25, 0.3) is 11.8 Å². The zero-order chi connectivity index (χ0) is 20.5. The van der Waals surface area contributed by atoms with Crippen LogP contribution in [-0.2, 0) is 14.4 Å². The molecule has 3 amide bonds. The van der Waals surface area contributed by atoms with E-state index in [9.17, 15) is 14.4 Å². The van der Waals surface area contributed by atoms with E-state index in [2.05, 4.69) is 15.7 Å². The molecule has 148 valence electrons. The van der Waals surface area contributed by atoms with E-state index in [0.29, 0.717) is 16.4 Å². The van der Waals surface area contributed by atoms with Gasteiger partial charge in [0.1, 0.15) is 6.54 Å². The van der Waals surface area contributed by atoms with Crippen molar-refractivity contribution in [3.05, 3.63) is 53.6 Å². The van der Waals surface area contributed by atoms with Gasteiger partial charge in [0, 0.05) is 15.6 Å². The van der Waals surface area contributed by atoms with Crippen LogP contribution in [0.3, 0.4) is 0 Å². The summed E-state index contributed by atoms with van der Waals surface area (Å²) in [5.74, 6) is -1.32. The minimum absolute atomic E-state index is 0.198. The van der Waals surface area contributed by atoms with E-state index in [1.165, 1.54) is 11.1 Å². The largest absolute Gasteiger partial charge is 0.324 e. The summed E-state index contributed by atoms with van der Waals surface area (Å²) >= 11 is 7.54. The number of hydrogen-bond acceptors (Lipinski definition) is 7. The Labute approximate surface area is 175 Å². The number of thioether (sulfide) groups is 1. The van der Waals surface area contributed by atoms with Crippen molar-refractivity contribution in [2.45, 2.75) is 17.0 Å². The first-order chi connectivity index (χ1) is 14.0. The fraction of sp³-hybridized carbons (Fsp3) is 0.211. The predicted octanol–water partition coefficient (Wildman–Crippen LogP) is 2.99. The zero-order valence-electron chi connectivity index (χ0n) is 15.3. The molecule has 10 heteroatoms. The zero-order valence-corrected chi connectivity index (χ0v) is 16.9. The van der Waals surface area contributed by atoms with Gasteiger partial charge in [0.2, 0.25) is 5.91 Å². The number of rotatable bonds is 5. The van der Waals surface area contributed by atoms with E-state index < -0.39 is 23.9 Å². The predicted molar refractivity (Wildman–Crippen MR) is 110 cm³/mol. The summed E-state index contributed by atoms with van der Waals surface area (Å²) in [5.41, 5.74) is 1.01. The molecule has 8 nitrogen and oxygen atoms in total. The van der Waals surface area contributed by atoms with Crippen molar-refractivity contribution in [1.29, 1.82) is 0 Å². The molecule has 1 fully saturated rings. The lowest BCUT2D eigenvalue weighted by atomic mass is 10.1. The number of carbonyl (C=O) groups excluding carboxylic acids is 3. The lowest BCUT2D eigenvalue weighted by Crippen LogP contribution is -2.43. The van der Waals surface area contributed by atoms with E-state index in [1.54, 1.807) is 36.0 Å². The minimum atomic E-state index is -0.964. The third kappa shape index (κ3) is 3.70. The molecule has 2 aliphatic rings. The molecule has 2 aromatic rings. The Bertz CT molecular complexity index is 1030. The molecule has 1 saturated heterocycles. The second-order valence-corrected chi connectivity index (χ2v) is 7.78. The molecule has 0 spiro atoms. The summed E-state index contributed by atoms with van der Waals surface area (Å²) in [6.07, 6.45) is 1.94. The molecular weight excluding hydrogens is 414 g/mol. The third-order valence-electron chi connectivity index (χ3n) is 4.58. The number of nitrogens with zero attached hydrogens (tertiary/aromatic N) is 4. The molecule has 0 bridgehead atoms. The van der Waals surface area contributed by atoms with Crippen molar-refractivity contribution in [2.24, 2.45) is 10.3 Å². The first-order valence-electron chi connectivity index (χ1n) is 8.72. The van der Waals surface area contributed by atoms with Crippen LogP contribution in [0.4, 0.5) is 11.4 Å². The van der Waals surface area contributed by atoms with Crippen LogP contribution in [0.15, 0.2) is 63.8 Å². The fourth-order valence-corrected chi connectivity index (χ4v) is 3.92. The lowest BCUT2D eigenvalue weighted by molar-refractivity contribution is -0.123. The Kier molecular flexibility index (Phi) is 5.25. The van der Waals surface area contributed by atoms with Crippen LogP contribution >= 0.6 is 23.4 Å². The smallest absolute Gasteiger partial charge is 0.263 e. The molecule has 2 heterocycles. The average Bonchev–Trinajstić information content (AvgIpc) is 3.21. The summed E-state index contributed by atoms with van der Waals surface area (Å²) in [5, 5.41) is 12.2. The molecule has 2 atom stereocenters. The van der Waals surface area contributed by atoms with Gasteiger partial charge in [-0.3, -0.25) is 19.4 Å². The number of benzene rings is 2. The van der Waals surface area contributed by atoms with Crippen LogP contribution in [0.2, 0.25) is 5.02 Å². The van der Waals surface area contributed by atoms with Crippen molar-refractivity contribution < 1.29 is 14.4 Å². The Morgan fingerprint density at radius 2 is 1.97 bits per heavy atom. The molecule has 4 rings (SSSR count). The van der Waals surface area contributed by atoms with E-state index in [0.717, 1.165) is 9.80 Å². The van der Waals surface area contributed by atoms with Crippen molar-refractivity contribution >= 4 is 52.5 Å². The first-order valence-corrected chi connectivity index (χ1v) is 10.3.